The molecule has 2 unspecified atom stereocenters. The van der Waals surface area contributed by atoms with Gasteiger partial charge in [-0.05, 0) is 19.1 Å². The second-order valence-electron chi connectivity index (χ2n) is 3.59. The first-order chi connectivity index (χ1) is 6.75. The second kappa shape index (κ2) is 4.31. The van der Waals surface area contributed by atoms with Gasteiger partial charge in [0.15, 0.2) is 5.82 Å². The van der Waals surface area contributed by atoms with E-state index in [-0.39, 0.29) is 0 Å². The van der Waals surface area contributed by atoms with E-state index in [2.05, 4.69) is 22.4 Å². The smallest absolute Gasteiger partial charge is 0.240 e. The molecule has 1 aliphatic rings. The molecule has 1 saturated heterocycles. The summed E-state index contributed by atoms with van der Waals surface area (Å²) < 4.78 is 5.03. The fourth-order valence-electron chi connectivity index (χ4n) is 1.63. The van der Waals surface area contributed by atoms with Crippen LogP contribution in [0.5, 0.6) is 0 Å². The van der Waals surface area contributed by atoms with Gasteiger partial charge < -0.3 is 9.84 Å². The molecular formula is C9H15N3OS. The standard InChI is InChI=1S/C9H15N3OS/c1-6-8(3-4-14-6)10-5-9-11-7(2)12-13-9/h6,8,10H,3-5H2,1-2H3. The molecule has 5 heteroatoms. The fraction of sp³-hybridized carbons (Fsp3) is 0.778. The van der Waals surface area contributed by atoms with Gasteiger partial charge in [0.25, 0.3) is 0 Å². The Kier molecular flexibility index (Phi) is 3.08. The summed E-state index contributed by atoms with van der Waals surface area (Å²) in [5.41, 5.74) is 0. The molecule has 1 aromatic heterocycles. The minimum atomic E-state index is 0.590. The van der Waals surface area contributed by atoms with E-state index >= 15 is 0 Å². The number of thioether (sulfide) groups is 1. The Balaban J connectivity index is 1.82. The zero-order valence-electron chi connectivity index (χ0n) is 8.49. The molecule has 0 spiro atoms. The maximum absolute atomic E-state index is 5.03. The lowest BCUT2D eigenvalue weighted by atomic mass is 10.2. The highest BCUT2D eigenvalue weighted by Gasteiger charge is 2.23. The molecule has 14 heavy (non-hydrogen) atoms. The van der Waals surface area contributed by atoms with Gasteiger partial charge in [0, 0.05) is 11.3 Å². The van der Waals surface area contributed by atoms with Crippen molar-refractivity contribution in [1.29, 1.82) is 0 Å². The summed E-state index contributed by atoms with van der Waals surface area (Å²) in [6.07, 6.45) is 1.24. The largest absolute Gasteiger partial charge is 0.338 e. The first-order valence-electron chi connectivity index (χ1n) is 4.90. The van der Waals surface area contributed by atoms with Crippen LogP contribution in [-0.2, 0) is 6.54 Å². The van der Waals surface area contributed by atoms with Crippen molar-refractivity contribution in [2.75, 3.05) is 5.75 Å². The maximum Gasteiger partial charge on any atom is 0.240 e. The van der Waals surface area contributed by atoms with Gasteiger partial charge in [-0.2, -0.15) is 16.7 Å². The van der Waals surface area contributed by atoms with Crippen LogP contribution in [0.2, 0.25) is 0 Å². The molecule has 4 nitrogen and oxygen atoms in total. The van der Waals surface area contributed by atoms with Crippen molar-refractivity contribution >= 4 is 11.8 Å². The fourth-order valence-corrected chi connectivity index (χ4v) is 2.86. The molecule has 1 aliphatic heterocycles. The first-order valence-corrected chi connectivity index (χ1v) is 5.95. The third-order valence-corrected chi connectivity index (χ3v) is 3.79. The number of hydrogen-bond acceptors (Lipinski definition) is 5. The number of nitrogens with one attached hydrogen (secondary N) is 1. The molecule has 0 amide bonds. The quantitative estimate of drug-likeness (QED) is 0.821. The van der Waals surface area contributed by atoms with Gasteiger partial charge in [-0.1, -0.05) is 12.1 Å². The average molecular weight is 213 g/mol. The number of aromatic nitrogens is 2. The van der Waals surface area contributed by atoms with E-state index in [1.54, 1.807) is 0 Å². The van der Waals surface area contributed by atoms with Gasteiger partial charge >= 0.3 is 0 Å². The summed E-state index contributed by atoms with van der Waals surface area (Å²) in [6.45, 7) is 4.78. The Morgan fingerprint density at radius 3 is 3.07 bits per heavy atom. The molecule has 0 aromatic carbocycles. The van der Waals surface area contributed by atoms with Crippen molar-refractivity contribution in [3.63, 3.8) is 0 Å². The van der Waals surface area contributed by atoms with Crippen LogP contribution < -0.4 is 5.32 Å². The Morgan fingerprint density at radius 2 is 2.50 bits per heavy atom. The number of hydrogen-bond donors (Lipinski definition) is 1. The molecular weight excluding hydrogens is 198 g/mol. The number of aryl methyl sites for hydroxylation is 1. The predicted octanol–water partition coefficient (Wildman–Crippen LogP) is 1.36. The minimum Gasteiger partial charge on any atom is -0.338 e. The van der Waals surface area contributed by atoms with Gasteiger partial charge in [-0.15, -0.1) is 0 Å². The molecule has 78 valence electrons. The molecule has 1 N–H and O–H groups in total. The summed E-state index contributed by atoms with van der Waals surface area (Å²) in [5.74, 6) is 2.64. The van der Waals surface area contributed by atoms with E-state index in [4.69, 9.17) is 4.52 Å². The van der Waals surface area contributed by atoms with E-state index in [1.807, 2.05) is 18.7 Å². The summed E-state index contributed by atoms with van der Waals surface area (Å²) in [5, 5.41) is 7.89. The Hall–Kier alpha value is -0.550. The lowest BCUT2D eigenvalue weighted by Gasteiger charge is -2.14. The van der Waals surface area contributed by atoms with Crippen LogP contribution in [0.1, 0.15) is 25.1 Å². The van der Waals surface area contributed by atoms with Gasteiger partial charge in [0.2, 0.25) is 5.89 Å². The molecule has 1 aromatic rings. The minimum absolute atomic E-state index is 0.590. The Bertz CT molecular complexity index is 302. The van der Waals surface area contributed by atoms with Crippen molar-refractivity contribution in [2.24, 2.45) is 0 Å². The topological polar surface area (TPSA) is 51.0 Å². The van der Waals surface area contributed by atoms with Crippen molar-refractivity contribution in [1.82, 2.24) is 15.5 Å². The van der Waals surface area contributed by atoms with Crippen molar-refractivity contribution < 1.29 is 4.52 Å². The number of rotatable bonds is 3. The van der Waals surface area contributed by atoms with Crippen LogP contribution >= 0.6 is 11.8 Å². The van der Waals surface area contributed by atoms with Crippen molar-refractivity contribution in [2.45, 2.75) is 38.1 Å². The summed E-state index contributed by atoms with van der Waals surface area (Å²) in [7, 11) is 0. The monoisotopic (exact) mass is 213 g/mol. The highest BCUT2D eigenvalue weighted by Crippen LogP contribution is 2.26. The molecule has 2 atom stereocenters. The summed E-state index contributed by atoms with van der Waals surface area (Å²) in [6, 6.07) is 0.590. The second-order valence-corrected chi connectivity index (χ2v) is 5.07. The van der Waals surface area contributed by atoms with E-state index in [9.17, 15) is 0 Å². The van der Waals surface area contributed by atoms with Gasteiger partial charge in [0.05, 0.1) is 6.54 Å². The zero-order valence-corrected chi connectivity index (χ0v) is 9.30. The molecule has 0 aliphatic carbocycles. The van der Waals surface area contributed by atoms with E-state index in [0.717, 1.165) is 0 Å². The molecule has 0 bridgehead atoms. The summed E-state index contributed by atoms with van der Waals surface area (Å²) in [4.78, 5) is 4.15. The van der Waals surface area contributed by atoms with Crippen LogP contribution in [0.4, 0.5) is 0 Å². The Labute approximate surface area is 87.8 Å². The third kappa shape index (κ3) is 2.27. The highest BCUT2D eigenvalue weighted by atomic mass is 32.2. The lowest BCUT2D eigenvalue weighted by Crippen LogP contribution is -2.32. The van der Waals surface area contributed by atoms with Crippen molar-refractivity contribution in [3.05, 3.63) is 11.7 Å². The van der Waals surface area contributed by atoms with Crippen LogP contribution in [0.15, 0.2) is 4.52 Å². The van der Waals surface area contributed by atoms with Gasteiger partial charge in [-0.3, -0.25) is 0 Å². The van der Waals surface area contributed by atoms with Gasteiger partial charge in [0.1, 0.15) is 0 Å². The SMILES string of the molecule is Cc1noc(CNC2CCSC2C)n1. The van der Waals surface area contributed by atoms with Crippen LogP contribution in [0.3, 0.4) is 0 Å². The van der Waals surface area contributed by atoms with Crippen LogP contribution in [0.25, 0.3) is 0 Å². The first kappa shape index (κ1) is 9.98. The molecule has 1 fully saturated rings. The van der Waals surface area contributed by atoms with E-state index < -0.39 is 0 Å². The molecule has 2 rings (SSSR count). The maximum atomic E-state index is 5.03. The van der Waals surface area contributed by atoms with E-state index in [0.29, 0.717) is 29.6 Å². The molecule has 0 saturated carbocycles. The van der Waals surface area contributed by atoms with Gasteiger partial charge in [-0.25, -0.2) is 0 Å². The summed E-state index contributed by atoms with van der Waals surface area (Å²) >= 11 is 2.02. The normalized spacial score (nSPS) is 27.0. The third-order valence-electron chi connectivity index (χ3n) is 2.46. The van der Waals surface area contributed by atoms with E-state index in [1.165, 1.54) is 12.2 Å². The Morgan fingerprint density at radius 1 is 1.64 bits per heavy atom. The average Bonchev–Trinajstić information content (AvgIpc) is 2.72. The number of nitrogens with zero attached hydrogens (tertiary/aromatic N) is 2. The molecule has 2 heterocycles. The van der Waals surface area contributed by atoms with Crippen molar-refractivity contribution in [3.8, 4) is 0 Å². The van der Waals surface area contributed by atoms with Crippen LogP contribution in [-0.4, -0.2) is 27.2 Å². The predicted molar refractivity (Wildman–Crippen MR) is 56.2 cm³/mol. The zero-order chi connectivity index (χ0) is 9.97. The molecule has 0 radical (unpaired) electrons. The van der Waals surface area contributed by atoms with Crippen LogP contribution in [0, 0.1) is 6.92 Å². The lowest BCUT2D eigenvalue weighted by molar-refractivity contribution is 0.353. The highest BCUT2D eigenvalue weighted by molar-refractivity contribution is 8.00.